The summed E-state index contributed by atoms with van der Waals surface area (Å²) >= 11 is 0. The highest BCUT2D eigenvalue weighted by molar-refractivity contribution is 5.87. The summed E-state index contributed by atoms with van der Waals surface area (Å²) < 4.78 is 11.8. The van der Waals surface area contributed by atoms with E-state index in [2.05, 4.69) is 22.5 Å². The van der Waals surface area contributed by atoms with Gasteiger partial charge >= 0.3 is 11.8 Å². The largest absolute Gasteiger partial charge is 0.444 e. The van der Waals surface area contributed by atoms with Gasteiger partial charge in [0.15, 0.2) is 0 Å². The molecule has 0 saturated carbocycles. The molecule has 1 aromatic heterocycles. The number of anilines is 1. The number of ether oxygens (including phenoxy) is 1. The second-order valence-corrected chi connectivity index (χ2v) is 12.1. The number of nitrogens with one attached hydrogen (secondary N) is 1. The number of fused-ring (bicyclic) bond motifs is 1. The van der Waals surface area contributed by atoms with Crippen LogP contribution in [-0.4, -0.2) is 88.0 Å². The summed E-state index contributed by atoms with van der Waals surface area (Å²) in [5.41, 5.74) is 3.67. The molecule has 3 aromatic rings. The van der Waals surface area contributed by atoms with Crippen LogP contribution in [-0.2, 0) is 34.5 Å². The molecule has 0 saturated heterocycles. The first-order chi connectivity index (χ1) is 21.3. The molecule has 13 nitrogen and oxygen atoms in total. The first-order valence-corrected chi connectivity index (χ1v) is 15.0. The maximum atomic E-state index is 13.7. The molecule has 2 aromatic carbocycles. The number of likely N-dealkylation sites (N-methyl/N-ethyl adjacent to an activating group) is 2. The number of aromatic nitrogens is 2. The van der Waals surface area contributed by atoms with Crippen LogP contribution >= 0.6 is 0 Å². The molecule has 3 amide bonds. The van der Waals surface area contributed by atoms with E-state index in [-0.39, 0.29) is 43.9 Å². The Hall–Kier alpha value is -4.65. The second-order valence-electron chi connectivity index (χ2n) is 12.1. The number of rotatable bonds is 11. The van der Waals surface area contributed by atoms with E-state index in [9.17, 15) is 19.2 Å². The van der Waals surface area contributed by atoms with Crippen LogP contribution in [0.2, 0.25) is 0 Å². The normalized spacial score (nSPS) is 12.9. The quantitative estimate of drug-likeness (QED) is 0.343. The number of hydrogen-bond donors (Lipinski definition) is 1. The molecular weight excluding hydrogens is 578 g/mol. The summed E-state index contributed by atoms with van der Waals surface area (Å²) in [4.78, 5) is 54.6. The smallest absolute Gasteiger partial charge is 0.437 e. The first-order valence-electron chi connectivity index (χ1n) is 15.0. The van der Waals surface area contributed by atoms with Gasteiger partial charge in [0.05, 0.1) is 13.1 Å². The van der Waals surface area contributed by atoms with Gasteiger partial charge in [0.1, 0.15) is 5.60 Å². The Morgan fingerprint density at radius 1 is 1.07 bits per heavy atom. The molecule has 0 fully saturated rings. The van der Waals surface area contributed by atoms with Crippen molar-refractivity contribution < 1.29 is 23.5 Å². The maximum Gasteiger partial charge on any atom is 0.437 e. The molecular formula is C32H43N7O6. The highest BCUT2D eigenvalue weighted by atomic mass is 16.6. The number of benzene rings is 2. The number of hydrogen-bond acceptors (Lipinski definition) is 9. The average Bonchev–Trinajstić information content (AvgIpc) is 3.56. The third-order valence-electron chi connectivity index (χ3n) is 7.49. The number of amides is 3. The summed E-state index contributed by atoms with van der Waals surface area (Å²) in [5, 5.41) is 10.6. The summed E-state index contributed by atoms with van der Waals surface area (Å²) in [6.07, 6.45) is -0.452. The lowest BCUT2D eigenvalue weighted by Crippen LogP contribution is -2.48. The van der Waals surface area contributed by atoms with Crippen LogP contribution in [0.15, 0.2) is 51.7 Å². The van der Waals surface area contributed by atoms with Gasteiger partial charge in [-0.15, -0.1) is 5.10 Å². The fourth-order valence-electron chi connectivity index (χ4n) is 4.99. The lowest BCUT2D eigenvalue weighted by molar-refractivity contribution is -0.145. The Labute approximate surface area is 263 Å². The number of carbonyl (C=O) groups is 3. The Balaban J connectivity index is 1.51. The molecule has 1 aliphatic rings. The van der Waals surface area contributed by atoms with Crippen molar-refractivity contribution in [2.45, 2.75) is 53.3 Å². The van der Waals surface area contributed by atoms with Gasteiger partial charge in [-0.3, -0.25) is 14.6 Å². The monoisotopic (exact) mass is 621 g/mol. The molecule has 4 rings (SSSR count). The van der Waals surface area contributed by atoms with Crippen LogP contribution in [0.4, 0.5) is 10.5 Å². The third kappa shape index (κ3) is 8.50. The molecule has 2 heterocycles. The Bertz CT molecular complexity index is 1570. The highest BCUT2D eigenvalue weighted by Crippen LogP contribution is 2.28. The van der Waals surface area contributed by atoms with E-state index >= 15 is 0 Å². The van der Waals surface area contributed by atoms with E-state index in [0.29, 0.717) is 30.9 Å². The Morgan fingerprint density at radius 2 is 1.73 bits per heavy atom. The van der Waals surface area contributed by atoms with E-state index in [1.807, 2.05) is 37.1 Å². The van der Waals surface area contributed by atoms with Gasteiger partial charge in [-0.2, -0.15) is 4.68 Å². The molecule has 242 valence electrons. The van der Waals surface area contributed by atoms with Gasteiger partial charge in [-0.1, -0.05) is 30.3 Å². The third-order valence-corrected chi connectivity index (χ3v) is 7.49. The van der Waals surface area contributed by atoms with Gasteiger partial charge in [0, 0.05) is 58.1 Å². The maximum absolute atomic E-state index is 13.7. The van der Waals surface area contributed by atoms with Crippen LogP contribution in [0.25, 0.3) is 11.5 Å². The second kappa shape index (κ2) is 14.0. The minimum Gasteiger partial charge on any atom is -0.444 e. The van der Waals surface area contributed by atoms with Gasteiger partial charge in [0.25, 0.3) is 5.91 Å². The zero-order chi connectivity index (χ0) is 32.9. The van der Waals surface area contributed by atoms with Gasteiger partial charge in [-0.25, -0.2) is 14.6 Å². The number of carbonyl (C=O) groups excluding carboxylic acids is 3. The Morgan fingerprint density at radius 3 is 2.31 bits per heavy atom. The van der Waals surface area contributed by atoms with Crippen LogP contribution in [0, 0.1) is 6.92 Å². The molecule has 13 heteroatoms. The van der Waals surface area contributed by atoms with Gasteiger partial charge in [-0.05, 0) is 63.4 Å². The molecule has 0 aliphatic carbocycles. The van der Waals surface area contributed by atoms with Crippen molar-refractivity contribution >= 4 is 23.6 Å². The molecule has 0 bridgehead atoms. The fourth-order valence-corrected chi connectivity index (χ4v) is 4.99. The zero-order valence-electron chi connectivity index (χ0n) is 27.1. The van der Waals surface area contributed by atoms with Crippen molar-refractivity contribution in [2.24, 2.45) is 7.05 Å². The Kier molecular flexibility index (Phi) is 10.3. The standard InChI is InChI=1S/C32H43N7O6/c1-8-37(31(43)45-32(3,4)5)16-15-33-27(40)20-38(21-28(41)36(7)39-18-24-11-9-10-12-25(24)19-39)26-17-23(14-13-22(26)2)29-34-35(6)30(42)44-29/h9-14,17H,8,15-16,18-21H2,1-7H3,(H,33,40). The van der Waals surface area contributed by atoms with Crippen molar-refractivity contribution in [1.82, 2.24) is 30.0 Å². The fraction of sp³-hybridized carbons (Fsp3) is 0.469. The number of nitrogens with zero attached hydrogens (tertiary/aromatic N) is 6. The van der Waals surface area contributed by atoms with Crippen molar-refractivity contribution in [3.05, 3.63) is 69.7 Å². The summed E-state index contributed by atoms with van der Waals surface area (Å²) in [5.74, 6) is -0.993. The molecule has 0 atom stereocenters. The first kappa shape index (κ1) is 33.2. The van der Waals surface area contributed by atoms with E-state index < -0.39 is 17.5 Å². The summed E-state index contributed by atoms with van der Waals surface area (Å²) in [7, 11) is 3.23. The van der Waals surface area contributed by atoms with Crippen molar-refractivity contribution in [3.63, 3.8) is 0 Å². The van der Waals surface area contributed by atoms with Crippen LogP contribution < -0.4 is 16.0 Å². The van der Waals surface area contributed by atoms with Crippen LogP contribution in [0.3, 0.4) is 0 Å². The topological polar surface area (TPSA) is 133 Å². The molecule has 0 radical (unpaired) electrons. The molecule has 1 aliphatic heterocycles. The SMILES string of the molecule is CCN(CCNC(=O)CN(CC(=O)N(C)N1Cc2ccccc2C1)c1cc(-c2nn(C)c(=O)o2)ccc1C)C(=O)OC(C)(C)C. The molecule has 1 N–H and O–H groups in total. The van der Waals surface area contributed by atoms with Crippen LogP contribution in [0.5, 0.6) is 0 Å². The van der Waals surface area contributed by atoms with Crippen molar-refractivity contribution in [1.29, 1.82) is 0 Å². The highest BCUT2D eigenvalue weighted by Gasteiger charge is 2.28. The summed E-state index contributed by atoms with van der Waals surface area (Å²) in [6.45, 7) is 11.0. The van der Waals surface area contributed by atoms with Crippen molar-refractivity contribution in [2.75, 3.05) is 44.7 Å². The minimum atomic E-state index is -0.629. The predicted octanol–water partition coefficient (Wildman–Crippen LogP) is 2.92. The minimum absolute atomic E-state index is 0.0911. The van der Waals surface area contributed by atoms with Gasteiger partial charge in [0.2, 0.25) is 11.8 Å². The summed E-state index contributed by atoms with van der Waals surface area (Å²) in [6, 6.07) is 13.4. The van der Waals surface area contributed by atoms with Crippen molar-refractivity contribution in [3.8, 4) is 11.5 Å². The van der Waals surface area contributed by atoms with E-state index in [1.54, 1.807) is 49.9 Å². The number of hydrazine groups is 1. The lowest BCUT2D eigenvalue weighted by Gasteiger charge is -2.32. The van der Waals surface area contributed by atoms with E-state index in [1.165, 1.54) is 23.1 Å². The van der Waals surface area contributed by atoms with Gasteiger partial charge < -0.3 is 24.3 Å². The zero-order valence-corrected chi connectivity index (χ0v) is 27.1. The van der Waals surface area contributed by atoms with E-state index in [0.717, 1.165) is 10.2 Å². The lowest BCUT2D eigenvalue weighted by atomic mass is 10.1. The van der Waals surface area contributed by atoms with Crippen LogP contribution in [0.1, 0.15) is 44.4 Å². The number of aryl methyl sites for hydroxylation is 2. The van der Waals surface area contributed by atoms with E-state index in [4.69, 9.17) is 9.15 Å². The predicted molar refractivity (Wildman–Crippen MR) is 169 cm³/mol. The molecule has 45 heavy (non-hydrogen) atoms. The average molecular weight is 622 g/mol. The molecule has 0 unspecified atom stereocenters. The molecule has 0 spiro atoms.